The number of imidazole rings is 1. The van der Waals surface area contributed by atoms with Gasteiger partial charge in [0.2, 0.25) is 0 Å². The highest BCUT2D eigenvalue weighted by Crippen LogP contribution is 2.38. The van der Waals surface area contributed by atoms with E-state index in [1.165, 1.54) is 5.56 Å². The van der Waals surface area contributed by atoms with Crippen molar-refractivity contribution in [1.82, 2.24) is 29.6 Å². The van der Waals surface area contributed by atoms with Crippen molar-refractivity contribution < 1.29 is 0 Å². The molecular weight excluding hydrogens is 482 g/mol. The van der Waals surface area contributed by atoms with Crippen LogP contribution in [0.1, 0.15) is 35.7 Å². The van der Waals surface area contributed by atoms with E-state index < -0.39 is 5.54 Å². The van der Waals surface area contributed by atoms with Gasteiger partial charge >= 0.3 is 0 Å². The van der Waals surface area contributed by atoms with Gasteiger partial charge in [-0.25, -0.2) is 4.98 Å². The second-order valence-electron chi connectivity index (χ2n) is 9.39. The molecule has 0 aliphatic carbocycles. The van der Waals surface area contributed by atoms with Gasteiger partial charge in [0.05, 0.1) is 23.7 Å². The maximum absolute atomic E-state index is 7.34. The van der Waals surface area contributed by atoms with Crippen LogP contribution in [0.5, 0.6) is 0 Å². The van der Waals surface area contributed by atoms with E-state index in [4.69, 9.17) is 17.3 Å². The minimum Gasteiger partial charge on any atom is -0.336 e. The molecule has 0 aliphatic rings. The van der Waals surface area contributed by atoms with Crippen LogP contribution in [0.4, 0.5) is 0 Å². The summed E-state index contributed by atoms with van der Waals surface area (Å²) < 4.78 is 3.72. The number of tetrazole rings is 1. The number of nitrogens with two attached hydrogens (primary N) is 1. The van der Waals surface area contributed by atoms with Crippen molar-refractivity contribution in [3.8, 4) is 11.1 Å². The highest BCUT2D eigenvalue weighted by Gasteiger charge is 2.35. The molecule has 0 saturated carbocycles. The van der Waals surface area contributed by atoms with Crippen LogP contribution >= 0.6 is 11.6 Å². The maximum Gasteiger partial charge on any atom is 0.180 e. The Bertz CT molecular complexity index is 1740. The Balaban J connectivity index is 1.65. The molecule has 184 valence electrons. The normalized spacial score (nSPS) is 13.3. The lowest BCUT2D eigenvalue weighted by molar-refractivity contribution is 0.596. The van der Waals surface area contributed by atoms with Crippen LogP contribution in [0.15, 0.2) is 85.3 Å². The maximum atomic E-state index is 7.34. The van der Waals surface area contributed by atoms with E-state index in [0.29, 0.717) is 10.7 Å². The fourth-order valence-electron chi connectivity index (χ4n) is 5.18. The molecule has 3 heterocycles. The average Bonchev–Trinajstić information content (AvgIpc) is 3.57. The topological polar surface area (TPSA) is 86.9 Å². The van der Waals surface area contributed by atoms with E-state index in [9.17, 15) is 0 Å². The number of fused-ring (bicyclic) bond motifs is 3. The van der Waals surface area contributed by atoms with E-state index in [1.54, 1.807) is 10.8 Å². The van der Waals surface area contributed by atoms with Gasteiger partial charge in [-0.05, 0) is 75.0 Å². The number of nitrogens with zero attached hydrogens (tertiary/aromatic N) is 6. The van der Waals surface area contributed by atoms with Gasteiger partial charge in [0, 0.05) is 17.5 Å². The zero-order chi connectivity index (χ0) is 25.6. The number of benzene rings is 3. The first-order chi connectivity index (χ1) is 18.0. The lowest BCUT2D eigenvalue weighted by Crippen LogP contribution is -2.40. The average molecular weight is 508 g/mol. The summed E-state index contributed by atoms with van der Waals surface area (Å²) in [7, 11) is 1.95. The largest absolute Gasteiger partial charge is 0.336 e. The predicted octanol–water partition coefficient (Wildman–Crippen LogP) is 5.53. The highest BCUT2D eigenvalue weighted by molar-refractivity contribution is 6.30. The molecule has 1 unspecified atom stereocenters. The van der Waals surface area contributed by atoms with Crippen LogP contribution in [0.3, 0.4) is 0 Å². The first kappa shape index (κ1) is 23.3. The molecule has 7 nitrogen and oxygen atoms in total. The first-order valence-electron chi connectivity index (χ1n) is 12.3. The van der Waals surface area contributed by atoms with Gasteiger partial charge in [0.1, 0.15) is 5.54 Å². The van der Waals surface area contributed by atoms with Crippen LogP contribution < -0.4 is 5.73 Å². The molecule has 1 atom stereocenters. The summed E-state index contributed by atoms with van der Waals surface area (Å²) in [6, 6.07) is 24.6. The Labute approximate surface area is 219 Å². The fraction of sp³-hybridized carbons (Fsp3) is 0.172. The number of pyridine rings is 1. The van der Waals surface area contributed by atoms with Crippen molar-refractivity contribution >= 4 is 28.2 Å². The van der Waals surface area contributed by atoms with Gasteiger partial charge in [-0.15, -0.1) is 5.10 Å². The van der Waals surface area contributed by atoms with Gasteiger partial charge in [-0.3, -0.25) is 0 Å². The molecule has 0 amide bonds. The van der Waals surface area contributed by atoms with Crippen molar-refractivity contribution in [1.29, 1.82) is 0 Å². The Hall–Kier alpha value is -4.07. The Morgan fingerprint density at radius 2 is 1.78 bits per heavy atom. The number of halogens is 1. The fourth-order valence-corrected chi connectivity index (χ4v) is 5.30. The molecule has 37 heavy (non-hydrogen) atoms. The van der Waals surface area contributed by atoms with E-state index in [1.807, 2.05) is 60.3 Å². The predicted molar refractivity (Wildman–Crippen MR) is 146 cm³/mol. The Morgan fingerprint density at radius 1 is 0.973 bits per heavy atom. The molecule has 6 rings (SSSR count). The molecular formula is C29H26ClN7. The monoisotopic (exact) mass is 507 g/mol. The zero-order valence-corrected chi connectivity index (χ0v) is 21.4. The number of hydrogen-bond donors (Lipinski definition) is 1. The van der Waals surface area contributed by atoms with Crippen LogP contribution in [0, 0.1) is 0 Å². The van der Waals surface area contributed by atoms with Crippen molar-refractivity contribution in [2.24, 2.45) is 12.8 Å². The van der Waals surface area contributed by atoms with Crippen LogP contribution in [0.25, 0.3) is 27.7 Å². The van der Waals surface area contributed by atoms with Crippen LogP contribution in [0.2, 0.25) is 5.02 Å². The first-order valence-corrected chi connectivity index (χ1v) is 12.6. The molecule has 0 aliphatic heterocycles. The Kier molecular flexibility index (Phi) is 5.74. The number of aromatic nitrogens is 6. The lowest BCUT2D eigenvalue weighted by Gasteiger charge is -2.31. The Morgan fingerprint density at radius 3 is 2.54 bits per heavy atom. The minimum atomic E-state index is -0.971. The summed E-state index contributed by atoms with van der Waals surface area (Å²) in [5, 5.41) is 14.1. The number of hydrogen-bond acceptors (Lipinski definition) is 5. The van der Waals surface area contributed by atoms with Crippen molar-refractivity contribution in [3.05, 3.63) is 113 Å². The van der Waals surface area contributed by atoms with Crippen molar-refractivity contribution in [2.45, 2.75) is 25.3 Å². The molecule has 0 saturated heterocycles. The summed E-state index contributed by atoms with van der Waals surface area (Å²) in [5.74, 6) is 0. The molecule has 2 N–H and O–H groups in total. The third-order valence-corrected chi connectivity index (χ3v) is 7.29. The molecule has 3 aromatic carbocycles. The third kappa shape index (κ3) is 3.87. The summed E-state index contributed by atoms with van der Waals surface area (Å²) in [5.41, 5.74) is 14.1. The SMILES string of the molecule is CCCc1cccc(-c2cc3nnnn3c3ccc(C(N)(c4ccc(Cl)cc4)c4cncn4C)cc23)c1. The quantitative estimate of drug-likeness (QED) is 0.320. The summed E-state index contributed by atoms with van der Waals surface area (Å²) >= 11 is 6.23. The second-order valence-corrected chi connectivity index (χ2v) is 9.83. The van der Waals surface area contributed by atoms with Gasteiger partial charge in [0.15, 0.2) is 5.65 Å². The summed E-state index contributed by atoms with van der Waals surface area (Å²) in [4.78, 5) is 4.37. The van der Waals surface area contributed by atoms with Gasteiger partial charge in [-0.2, -0.15) is 4.52 Å². The van der Waals surface area contributed by atoms with E-state index in [0.717, 1.165) is 51.7 Å². The third-order valence-electron chi connectivity index (χ3n) is 7.03. The van der Waals surface area contributed by atoms with Crippen LogP contribution in [-0.4, -0.2) is 29.6 Å². The van der Waals surface area contributed by atoms with Crippen molar-refractivity contribution in [2.75, 3.05) is 0 Å². The minimum absolute atomic E-state index is 0.657. The van der Waals surface area contributed by atoms with Gasteiger partial charge < -0.3 is 10.3 Å². The molecule has 0 radical (unpaired) electrons. The molecule has 6 aromatic rings. The second kappa shape index (κ2) is 9.10. The molecule has 0 bridgehead atoms. The van der Waals surface area contributed by atoms with E-state index >= 15 is 0 Å². The molecule has 0 spiro atoms. The standard InChI is InChI=1S/C29H26ClN7/c1-3-5-19-6-4-7-20(14-19)24-16-28-33-34-35-37(28)26-13-10-22(15-25(24)26)29(31,27-17-32-18-36(27)2)21-8-11-23(30)12-9-21/h4,6-18H,3,5,31H2,1-2H3. The molecule has 0 fully saturated rings. The highest BCUT2D eigenvalue weighted by atomic mass is 35.5. The van der Waals surface area contributed by atoms with Crippen molar-refractivity contribution in [3.63, 3.8) is 0 Å². The number of aryl methyl sites for hydroxylation is 2. The summed E-state index contributed by atoms with van der Waals surface area (Å²) in [6.45, 7) is 2.19. The van der Waals surface area contributed by atoms with Gasteiger partial charge in [-0.1, -0.05) is 67.4 Å². The molecule has 8 heteroatoms. The van der Waals surface area contributed by atoms with E-state index in [2.05, 4.69) is 57.8 Å². The van der Waals surface area contributed by atoms with Gasteiger partial charge in [0.25, 0.3) is 0 Å². The summed E-state index contributed by atoms with van der Waals surface area (Å²) in [6.07, 6.45) is 5.69. The molecule has 3 aromatic heterocycles. The van der Waals surface area contributed by atoms with Crippen LogP contribution in [-0.2, 0) is 19.0 Å². The number of rotatable bonds is 6. The van der Waals surface area contributed by atoms with E-state index in [-0.39, 0.29) is 0 Å². The smallest absolute Gasteiger partial charge is 0.180 e. The zero-order valence-electron chi connectivity index (χ0n) is 20.6. The lowest BCUT2D eigenvalue weighted by atomic mass is 9.80.